The van der Waals surface area contributed by atoms with E-state index in [1.807, 2.05) is 48.5 Å². The molecular formula is C17H18O2S. The predicted molar refractivity (Wildman–Crippen MR) is 83.6 cm³/mol. The van der Waals surface area contributed by atoms with Gasteiger partial charge >= 0.3 is 5.97 Å². The highest BCUT2D eigenvalue weighted by Crippen LogP contribution is 2.24. The fraction of sp³-hybridized carbons (Fsp3) is 0.235. The summed E-state index contributed by atoms with van der Waals surface area (Å²) in [7, 11) is 0. The molecule has 1 atom stereocenters. The number of carbonyl (C=O) groups excluding carboxylic acids is 1. The van der Waals surface area contributed by atoms with Crippen molar-refractivity contribution in [1.82, 2.24) is 0 Å². The van der Waals surface area contributed by atoms with Gasteiger partial charge in [-0.2, -0.15) is 11.8 Å². The highest BCUT2D eigenvalue weighted by molar-refractivity contribution is 7.98. The Kier molecular flexibility index (Phi) is 5.69. The van der Waals surface area contributed by atoms with E-state index >= 15 is 0 Å². The molecule has 0 saturated heterocycles. The van der Waals surface area contributed by atoms with Gasteiger partial charge in [0.2, 0.25) is 0 Å². The first-order valence-electron chi connectivity index (χ1n) is 6.59. The zero-order valence-corrected chi connectivity index (χ0v) is 12.3. The van der Waals surface area contributed by atoms with E-state index < -0.39 is 0 Å². The maximum atomic E-state index is 11.2. The van der Waals surface area contributed by atoms with Crippen LogP contribution in [0.5, 0.6) is 0 Å². The zero-order chi connectivity index (χ0) is 14.2. The van der Waals surface area contributed by atoms with E-state index in [4.69, 9.17) is 4.74 Å². The summed E-state index contributed by atoms with van der Waals surface area (Å²) in [6.07, 6.45) is -0.178. The van der Waals surface area contributed by atoms with Gasteiger partial charge in [0.1, 0.15) is 6.10 Å². The molecule has 0 saturated carbocycles. The third kappa shape index (κ3) is 4.74. The second-order valence-electron chi connectivity index (χ2n) is 4.51. The molecule has 20 heavy (non-hydrogen) atoms. The van der Waals surface area contributed by atoms with Gasteiger partial charge in [-0.05, 0) is 11.1 Å². The quantitative estimate of drug-likeness (QED) is 0.744. The Hall–Kier alpha value is -1.74. The van der Waals surface area contributed by atoms with Crippen LogP contribution in [0.1, 0.15) is 24.2 Å². The summed E-state index contributed by atoms with van der Waals surface area (Å²) in [5.74, 6) is 1.45. The van der Waals surface area contributed by atoms with Crippen molar-refractivity contribution < 1.29 is 9.53 Å². The van der Waals surface area contributed by atoms with E-state index in [1.165, 1.54) is 12.5 Å². The number of ether oxygens (including phenoxy) is 1. The van der Waals surface area contributed by atoms with E-state index in [1.54, 1.807) is 11.8 Å². The molecule has 0 spiro atoms. The lowest BCUT2D eigenvalue weighted by Gasteiger charge is -2.17. The Morgan fingerprint density at radius 3 is 2.25 bits per heavy atom. The summed E-state index contributed by atoms with van der Waals surface area (Å²) in [4.78, 5) is 11.2. The molecule has 2 aromatic carbocycles. The van der Waals surface area contributed by atoms with Crippen LogP contribution in [0.25, 0.3) is 0 Å². The minimum Gasteiger partial charge on any atom is -0.457 e. The normalized spacial score (nSPS) is 11.8. The minimum absolute atomic E-state index is 0.178. The molecule has 0 bridgehead atoms. The molecule has 2 nitrogen and oxygen atoms in total. The lowest BCUT2D eigenvalue weighted by atomic mass is 10.1. The molecule has 0 radical (unpaired) electrons. The third-order valence-electron chi connectivity index (χ3n) is 2.86. The molecule has 3 heteroatoms. The van der Waals surface area contributed by atoms with E-state index in [9.17, 15) is 4.79 Å². The van der Waals surface area contributed by atoms with Crippen molar-refractivity contribution in [2.24, 2.45) is 0 Å². The smallest absolute Gasteiger partial charge is 0.303 e. The van der Waals surface area contributed by atoms with Crippen LogP contribution < -0.4 is 0 Å². The summed E-state index contributed by atoms with van der Waals surface area (Å²) >= 11 is 1.77. The molecule has 0 aliphatic rings. The monoisotopic (exact) mass is 286 g/mol. The SMILES string of the molecule is CC(=O)OC(CSCc1ccccc1)c1ccccc1. The summed E-state index contributed by atoms with van der Waals surface area (Å²) in [6, 6.07) is 20.2. The van der Waals surface area contributed by atoms with E-state index in [0.29, 0.717) is 0 Å². The molecule has 0 N–H and O–H groups in total. The van der Waals surface area contributed by atoms with Crippen molar-refractivity contribution in [2.45, 2.75) is 18.8 Å². The number of esters is 1. The van der Waals surface area contributed by atoms with Gasteiger partial charge in [-0.3, -0.25) is 4.79 Å². The molecule has 1 unspecified atom stereocenters. The first-order chi connectivity index (χ1) is 9.75. The number of rotatable bonds is 6. The molecular weight excluding hydrogens is 268 g/mol. The van der Waals surface area contributed by atoms with Crippen molar-refractivity contribution in [3.8, 4) is 0 Å². The Morgan fingerprint density at radius 1 is 1.05 bits per heavy atom. The van der Waals surface area contributed by atoms with Crippen molar-refractivity contribution in [3.05, 3.63) is 71.8 Å². The van der Waals surface area contributed by atoms with E-state index in [2.05, 4.69) is 12.1 Å². The third-order valence-corrected chi connectivity index (χ3v) is 3.94. The zero-order valence-electron chi connectivity index (χ0n) is 11.5. The minimum atomic E-state index is -0.237. The van der Waals surface area contributed by atoms with E-state index in [-0.39, 0.29) is 12.1 Å². The van der Waals surface area contributed by atoms with Crippen molar-refractivity contribution in [2.75, 3.05) is 5.75 Å². The van der Waals surface area contributed by atoms with Crippen LogP contribution in [-0.2, 0) is 15.3 Å². The largest absolute Gasteiger partial charge is 0.457 e. The van der Waals surface area contributed by atoms with Crippen molar-refractivity contribution >= 4 is 17.7 Å². The maximum absolute atomic E-state index is 11.2. The van der Waals surface area contributed by atoms with Gasteiger partial charge < -0.3 is 4.74 Å². The second kappa shape index (κ2) is 7.75. The van der Waals surface area contributed by atoms with Gasteiger partial charge in [-0.15, -0.1) is 0 Å². The highest BCUT2D eigenvalue weighted by Gasteiger charge is 2.14. The van der Waals surface area contributed by atoms with Crippen LogP contribution in [-0.4, -0.2) is 11.7 Å². The number of carbonyl (C=O) groups is 1. The van der Waals surface area contributed by atoms with Gasteiger partial charge in [0.05, 0.1) is 0 Å². The lowest BCUT2D eigenvalue weighted by molar-refractivity contribution is -0.145. The van der Waals surface area contributed by atoms with Crippen LogP contribution in [0, 0.1) is 0 Å². The van der Waals surface area contributed by atoms with Crippen LogP contribution in [0.4, 0.5) is 0 Å². The molecule has 104 valence electrons. The Labute approximate surface area is 124 Å². The van der Waals surface area contributed by atoms with Gasteiger partial charge in [0.15, 0.2) is 0 Å². The topological polar surface area (TPSA) is 26.3 Å². The molecule has 0 aliphatic heterocycles. The number of hydrogen-bond acceptors (Lipinski definition) is 3. The van der Waals surface area contributed by atoms with E-state index in [0.717, 1.165) is 17.1 Å². The highest BCUT2D eigenvalue weighted by atomic mass is 32.2. The van der Waals surface area contributed by atoms with Crippen LogP contribution in [0.2, 0.25) is 0 Å². The molecule has 2 aromatic rings. The molecule has 0 fully saturated rings. The number of hydrogen-bond donors (Lipinski definition) is 0. The maximum Gasteiger partial charge on any atom is 0.303 e. The van der Waals surface area contributed by atoms with Crippen molar-refractivity contribution in [1.29, 1.82) is 0 Å². The lowest BCUT2D eigenvalue weighted by Crippen LogP contribution is -2.11. The summed E-state index contributed by atoms with van der Waals surface area (Å²) in [5, 5.41) is 0. The van der Waals surface area contributed by atoms with Crippen LogP contribution >= 0.6 is 11.8 Å². The average molecular weight is 286 g/mol. The number of benzene rings is 2. The predicted octanol–water partition coefficient (Wildman–Crippen LogP) is 4.22. The number of thioether (sulfide) groups is 1. The first kappa shape index (κ1) is 14.7. The summed E-state index contributed by atoms with van der Waals surface area (Å²) < 4.78 is 5.41. The fourth-order valence-corrected chi connectivity index (χ4v) is 2.94. The summed E-state index contributed by atoms with van der Waals surface area (Å²) in [6.45, 7) is 1.46. The Balaban J connectivity index is 1.93. The molecule has 0 amide bonds. The Bertz CT molecular complexity index is 525. The van der Waals surface area contributed by atoms with Crippen molar-refractivity contribution in [3.63, 3.8) is 0 Å². The first-order valence-corrected chi connectivity index (χ1v) is 7.75. The molecule has 0 aromatic heterocycles. The molecule has 0 aliphatic carbocycles. The van der Waals surface area contributed by atoms with Gasteiger partial charge in [-0.1, -0.05) is 60.7 Å². The second-order valence-corrected chi connectivity index (χ2v) is 5.54. The van der Waals surface area contributed by atoms with Gasteiger partial charge in [0.25, 0.3) is 0 Å². The van der Waals surface area contributed by atoms with Crippen LogP contribution in [0.15, 0.2) is 60.7 Å². The Morgan fingerprint density at radius 2 is 1.65 bits per heavy atom. The average Bonchev–Trinajstić information content (AvgIpc) is 2.48. The van der Waals surface area contributed by atoms with Gasteiger partial charge in [0, 0.05) is 18.4 Å². The molecule has 2 rings (SSSR count). The standard InChI is InChI=1S/C17H18O2S/c1-14(18)19-17(16-10-6-3-7-11-16)13-20-12-15-8-4-2-5-9-15/h2-11,17H,12-13H2,1H3. The molecule has 0 heterocycles. The van der Waals surface area contributed by atoms with Gasteiger partial charge in [-0.25, -0.2) is 0 Å². The fourth-order valence-electron chi connectivity index (χ4n) is 1.92. The van der Waals surface area contributed by atoms with Crippen LogP contribution in [0.3, 0.4) is 0 Å². The summed E-state index contributed by atoms with van der Waals surface area (Å²) in [5.41, 5.74) is 2.33.